The van der Waals surface area contributed by atoms with Gasteiger partial charge in [-0.2, -0.15) is 18.3 Å². The second kappa shape index (κ2) is 5.59. The molecule has 2 rings (SSSR count). The van der Waals surface area contributed by atoms with E-state index < -0.39 is 36.8 Å². The maximum atomic E-state index is 12.8. The normalized spacial score (nSPS) is 22.7. The Hall–Kier alpha value is -2.10. The molecule has 0 aromatic carbocycles. The lowest BCUT2D eigenvalue weighted by molar-refractivity contribution is -0.247. The van der Waals surface area contributed by atoms with E-state index in [2.05, 4.69) is 5.10 Å². The molecule has 0 spiro atoms. The number of alkyl halides is 3. The van der Waals surface area contributed by atoms with Crippen molar-refractivity contribution in [3.63, 3.8) is 0 Å². The van der Waals surface area contributed by atoms with E-state index in [0.29, 0.717) is 0 Å². The predicted octanol–water partition coefficient (Wildman–Crippen LogP) is 0.910. The van der Waals surface area contributed by atoms with Gasteiger partial charge in [0.15, 0.2) is 11.8 Å². The van der Waals surface area contributed by atoms with Crippen molar-refractivity contribution in [1.82, 2.24) is 14.7 Å². The molecule has 1 aromatic rings. The highest BCUT2D eigenvalue weighted by Crippen LogP contribution is 2.28. The molecule has 1 saturated heterocycles. The Morgan fingerprint density at radius 1 is 1.41 bits per heavy atom. The first-order valence-electron chi connectivity index (χ1n) is 6.38. The van der Waals surface area contributed by atoms with Gasteiger partial charge in [-0.15, -0.1) is 0 Å². The van der Waals surface area contributed by atoms with E-state index in [-0.39, 0.29) is 17.9 Å². The van der Waals surface area contributed by atoms with E-state index in [1.54, 1.807) is 0 Å². The molecule has 0 bridgehead atoms. The lowest BCUT2D eigenvalue weighted by atomic mass is 10.2. The van der Waals surface area contributed by atoms with Gasteiger partial charge in [0.1, 0.15) is 5.69 Å². The quantitative estimate of drug-likeness (QED) is 0.875. The van der Waals surface area contributed by atoms with Gasteiger partial charge in [-0.05, 0) is 6.92 Å². The zero-order chi connectivity index (χ0) is 16.7. The molecule has 122 valence electrons. The number of aromatic nitrogens is 2. The molecule has 1 aromatic heterocycles. The van der Waals surface area contributed by atoms with Crippen LogP contribution in [0.4, 0.5) is 13.2 Å². The van der Waals surface area contributed by atoms with Crippen molar-refractivity contribution in [3.8, 4) is 0 Å². The van der Waals surface area contributed by atoms with Gasteiger partial charge in [0, 0.05) is 19.7 Å². The third-order valence-corrected chi connectivity index (χ3v) is 3.23. The van der Waals surface area contributed by atoms with E-state index in [1.165, 1.54) is 14.0 Å². The summed E-state index contributed by atoms with van der Waals surface area (Å²) in [6.07, 6.45) is -7.42. The summed E-state index contributed by atoms with van der Waals surface area (Å²) in [7, 11) is 1.35. The molecule has 1 aliphatic heterocycles. The Balaban J connectivity index is 2.23. The van der Waals surface area contributed by atoms with Crippen LogP contribution >= 0.6 is 0 Å². The van der Waals surface area contributed by atoms with Gasteiger partial charge in [0.25, 0.3) is 5.91 Å². The fourth-order valence-electron chi connectivity index (χ4n) is 2.23. The minimum Gasteiger partial charge on any atom is -0.476 e. The van der Waals surface area contributed by atoms with Crippen molar-refractivity contribution >= 4 is 11.9 Å². The lowest BCUT2D eigenvalue weighted by Gasteiger charge is -2.37. The molecule has 1 fully saturated rings. The zero-order valence-corrected chi connectivity index (χ0v) is 11.8. The summed E-state index contributed by atoms with van der Waals surface area (Å²) in [4.78, 5) is 24.2. The molecule has 0 saturated carbocycles. The van der Waals surface area contributed by atoms with Crippen molar-refractivity contribution < 1.29 is 32.6 Å². The first-order valence-corrected chi connectivity index (χ1v) is 6.38. The van der Waals surface area contributed by atoms with Gasteiger partial charge in [-0.1, -0.05) is 0 Å². The monoisotopic (exact) mass is 321 g/mol. The number of hydrogen-bond acceptors (Lipinski definition) is 4. The average Bonchev–Trinajstić information content (AvgIpc) is 2.78. The van der Waals surface area contributed by atoms with Gasteiger partial charge >= 0.3 is 12.1 Å². The molecule has 2 unspecified atom stereocenters. The number of aromatic carboxylic acids is 1. The highest BCUT2D eigenvalue weighted by Gasteiger charge is 2.46. The van der Waals surface area contributed by atoms with Gasteiger partial charge in [0.2, 0.25) is 0 Å². The van der Waals surface area contributed by atoms with Crippen LogP contribution in [0.15, 0.2) is 6.07 Å². The first kappa shape index (κ1) is 16.3. The number of carboxylic acids is 1. The van der Waals surface area contributed by atoms with Crippen molar-refractivity contribution in [2.45, 2.75) is 25.3 Å². The summed E-state index contributed by atoms with van der Waals surface area (Å²) < 4.78 is 44.2. The summed E-state index contributed by atoms with van der Waals surface area (Å²) in [5, 5.41) is 12.5. The molecular weight excluding hydrogens is 307 g/mol. The summed E-state index contributed by atoms with van der Waals surface area (Å²) in [5.74, 6) is -2.04. The van der Waals surface area contributed by atoms with Gasteiger partial charge in [0.05, 0.1) is 12.6 Å². The highest BCUT2D eigenvalue weighted by molar-refractivity contribution is 5.95. The lowest BCUT2D eigenvalue weighted by Crippen LogP contribution is -2.54. The fraction of sp³-hybridized carbons (Fsp3) is 0.583. The Morgan fingerprint density at radius 3 is 2.55 bits per heavy atom. The Labute approximate surface area is 123 Å². The number of amides is 1. The molecule has 0 aliphatic carbocycles. The van der Waals surface area contributed by atoms with Crippen LogP contribution in [0.1, 0.15) is 27.9 Å². The standard InChI is InChI=1S/C12H14F3N3O4/c1-6-4-18(5-9(22-6)12(13,14)15)10(19)8-3-7(11(20)21)16-17(8)2/h3,6,9H,4-5H2,1-2H3,(H,20,21). The molecule has 10 heteroatoms. The first-order chi connectivity index (χ1) is 10.1. The smallest absolute Gasteiger partial charge is 0.416 e. The van der Waals surface area contributed by atoms with E-state index in [4.69, 9.17) is 9.84 Å². The van der Waals surface area contributed by atoms with E-state index >= 15 is 0 Å². The molecule has 1 N–H and O–H groups in total. The highest BCUT2D eigenvalue weighted by atomic mass is 19.4. The minimum atomic E-state index is -4.58. The Bertz CT molecular complexity index is 599. The maximum Gasteiger partial charge on any atom is 0.416 e. The number of nitrogens with zero attached hydrogens (tertiary/aromatic N) is 3. The van der Waals surface area contributed by atoms with Crippen LogP contribution in [0, 0.1) is 0 Å². The van der Waals surface area contributed by atoms with Crippen molar-refractivity contribution in [3.05, 3.63) is 17.5 Å². The number of hydrogen-bond donors (Lipinski definition) is 1. The number of halogens is 3. The third kappa shape index (κ3) is 3.21. The maximum absolute atomic E-state index is 12.8. The largest absolute Gasteiger partial charge is 0.476 e. The molecular formula is C12H14F3N3O4. The molecule has 2 atom stereocenters. The molecule has 1 aliphatic rings. The molecule has 0 radical (unpaired) electrons. The summed E-state index contributed by atoms with van der Waals surface area (Å²) >= 11 is 0. The number of carboxylic acid groups (broad SMARTS) is 1. The van der Waals surface area contributed by atoms with Gasteiger partial charge in [-0.25, -0.2) is 4.79 Å². The summed E-state index contributed by atoms with van der Waals surface area (Å²) in [6, 6.07) is 1.04. The Kier molecular flexibility index (Phi) is 4.14. The number of carbonyl (C=O) groups excluding carboxylic acids is 1. The second-order valence-electron chi connectivity index (χ2n) is 5.03. The summed E-state index contributed by atoms with van der Waals surface area (Å²) in [5.41, 5.74) is -0.438. The van der Waals surface area contributed by atoms with Crippen LogP contribution in [0.5, 0.6) is 0 Å². The van der Waals surface area contributed by atoms with Crippen molar-refractivity contribution in [2.75, 3.05) is 13.1 Å². The van der Waals surface area contributed by atoms with Crippen LogP contribution in [-0.2, 0) is 11.8 Å². The molecule has 1 amide bonds. The number of aryl methyl sites for hydroxylation is 1. The number of carbonyl (C=O) groups is 2. The van der Waals surface area contributed by atoms with E-state index in [9.17, 15) is 22.8 Å². The molecule has 2 heterocycles. The fourth-order valence-corrected chi connectivity index (χ4v) is 2.23. The molecule has 7 nitrogen and oxygen atoms in total. The van der Waals surface area contributed by atoms with Gasteiger partial charge < -0.3 is 14.7 Å². The van der Waals surface area contributed by atoms with Crippen LogP contribution in [0.2, 0.25) is 0 Å². The van der Waals surface area contributed by atoms with Crippen molar-refractivity contribution in [2.24, 2.45) is 7.05 Å². The number of rotatable bonds is 2. The van der Waals surface area contributed by atoms with E-state index in [0.717, 1.165) is 15.6 Å². The zero-order valence-electron chi connectivity index (χ0n) is 11.8. The van der Waals surface area contributed by atoms with Crippen LogP contribution in [0.25, 0.3) is 0 Å². The van der Waals surface area contributed by atoms with Crippen LogP contribution < -0.4 is 0 Å². The van der Waals surface area contributed by atoms with Crippen molar-refractivity contribution in [1.29, 1.82) is 0 Å². The average molecular weight is 321 g/mol. The third-order valence-electron chi connectivity index (χ3n) is 3.23. The topological polar surface area (TPSA) is 84.7 Å². The van der Waals surface area contributed by atoms with Crippen LogP contribution in [-0.4, -0.2) is 63.1 Å². The van der Waals surface area contributed by atoms with Gasteiger partial charge in [-0.3, -0.25) is 9.48 Å². The van der Waals surface area contributed by atoms with Crippen LogP contribution in [0.3, 0.4) is 0 Å². The minimum absolute atomic E-state index is 0.0149. The number of ether oxygens (including phenoxy) is 1. The van der Waals surface area contributed by atoms with E-state index in [1.807, 2.05) is 0 Å². The number of morpholine rings is 1. The molecule has 22 heavy (non-hydrogen) atoms. The second-order valence-corrected chi connectivity index (χ2v) is 5.03. The SMILES string of the molecule is CC1CN(C(=O)c2cc(C(=O)O)nn2C)CC(C(F)(F)F)O1. The predicted molar refractivity (Wildman–Crippen MR) is 66.5 cm³/mol. The summed E-state index contributed by atoms with van der Waals surface area (Å²) in [6.45, 7) is 0.781. The Morgan fingerprint density at radius 2 is 2.05 bits per heavy atom.